The van der Waals surface area contributed by atoms with Crippen LogP contribution in [0.5, 0.6) is 0 Å². The molecule has 0 amide bonds. The largest absolute Gasteiger partial charge is 0.462 e. The number of hydrogen-bond donors (Lipinski definition) is 0. The zero-order valence-corrected chi connectivity index (χ0v) is 20.0. The van der Waals surface area contributed by atoms with Crippen molar-refractivity contribution in [2.45, 2.75) is 114 Å². The molecule has 4 rings (SSSR count). The van der Waals surface area contributed by atoms with Crippen LogP contribution in [0.4, 0.5) is 0 Å². The molecule has 0 heterocycles. The summed E-state index contributed by atoms with van der Waals surface area (Å²) in [7, 11) is 3.52. The smallest absolute Gasteiger partial charge is 0.309 e. The van der Waals surface area contributed by atoms with E-state index in [1.807, 2.05) is 0 Å². The van der Waals surface area contributed by atoms with Gasteiger partial charge in [-0.15, -0.1) is 0 Å². The first-order chi connectivity index (χ1) is 15.6. The second-order valence-corrected chi connectivity index (χ2v) is 10.5. The Kier molecular flexibility index (Phi) is 8.49. The molecule has 4 aliphatic carbocycles. The lowest BCUT2D eigenvalue weighted by atomic mass is 9.61. The molecule has 6 nitrogen and oxygen atoms in total. The highest BCUT2D eigenvalue weighted by Gasteiger charge is 2.47. The third-order valence-electron chi connectivity index (χ3n) is 8.77. The van der Waals surface area contributed by atoms with Crippen LogP contribution in [0.15, 0.2) is 0 Å². The summed E-state index contributed by atoms with van der Waals surface area (Å²) < 4.78 is 22.9. The molecule has 6 heteroatoms. The van der Waals surface area contributed by atoms with Crippen LogP contribution in [-0.4, -0.2) is 50.6 Å². The number of carbonyl (C=O) groups excluding carboxylic acids is 2. The molecular weight excluding hydrogens is 408 g/mol. The van der Waals surface area contributed by atoms with Gasteiger partial charge in [-0.25, -0.2) is 0 Å². The van der Waals surface area contributed by atoms with Crippen LogP contribution in [0, 0.1) is 23.7 Å². The average Bonchev–Trinajstić information content (AvgIpc) is 2.84. The van der Waals surface area contributed by atoms with Gasteiger partial charge in [0.05, 0.1) is 24.0 Å². The molecule has 0 saturated heterocycles. The number of ether oxygens (including phenoxy) is 4. The third-order valence-corrected chi connectivity index (χ3v) is 8.77. The molecule has 0 aliphatic heterocycles. The van der Waals surface area contributed by atoms with Gasteiger partial charge in [0, 0.05) is 14.2 Å². The van der Waals surface area contributed by atoms with E-state index in [-0.39, 0.29) is 47.8 Å². The minimum Gasteiger partial charge on any atom is -0.462 e. The first-order valence-corrected chi connectivity index (χ1v) is 13.1. The van der Waals surface area contributed by atoms with E-state index in [1.54, 1.807) is 14.2 Å². The lowest BCUT2D eigenvalue weighted by Crippen LogP contribution is -2.44. The molecule has 182 valence electrons. The van der Waals surface area contributed by atoms with Crippen LogP contribution >= 0.6 is 0 Å². The molecule has 4 aliphatic rings. The predicted octanol–water partition coefficient (Wildman–Crippen LogP) is 4.82. The summed E-state index contributed by atoms with van der Waals surface area (Å²) >= 11 is 0. The molecule has 32 heavy (non-hydrogen) atoms. The van der Waals surface area contributed by atoms with Crippen molar-refractivity contribution in [3.8, 4) is 0 Å². The van der Waals surface area contributed by atoms with Crippen molar-refractivity contribution >= 4 is 11.9 Å². The maximum absolute atomic E-state index is 13.1. The fourth-order valence-corrected chi connectivity index (χ4v) is 6.86. The van der Waals surface area contributed by atoms with Crippen molar-refractivity contribution in [3.63, 3.8) is 0 Å². The van der Waals surface area contributed by atoms with Gasteiger partial charge >= 0.3 is 11.9 Å². The molecule has 4 saturated carbocycles. The second kappa shape index (κ2) is 11.3. The fourth-order valence-electron chi connectivity index (χ4n) is 6.86. The molecule has 0 N–H and O–H groups in total. The van der Waals surface area contributed by atoms with E-state index in [0.29, 0.717) is 12.2 Å². The lowest BCUT2D eigenvalue weighted by Gasteiger charge is -2.44. The van der Waals surface area contributed by atoms with Gasteiger partial charge in [-0.1, -0.05) is 12.8 Å². The Morgan fingerprint density at radius 1 is 0.500 bits per heavy atom. The van der Waals surface area contributed by atoms with Gasteiger partial charge in [0.1, 0.15) is 12.2 Å². The van der Waals surface area contributed by atoms with E-state index in [1.165, 1.54) is 0 Å². The minimum atomic E-state index is -0.0540. The summed E-state index contributed by atoms with van der Waals surface area (Å²) in [4.78, 5) is 26.3. The summed E-state index contributed by atoms with van der Waals surface area (Å²) in [5.41, 5.74) is 0. The first kappa shape index (κ1) is 24.0. The Labute approximate surface area is 193 Å². The minimum absolute atomic E-state index is 0.0209. The highest BCUT2D eigenvalue weighted by molar-refractivity contribution is 5.75. The molecule has 4 unspecified atom stereocenters. The highest BCUT2D eigenvalue weighted by atomic mass is 16.5. The standard InChI is InChI=1S/C26H42O6/c1-29-17-9-13-19(14-10-17)31-25(27)23-7-3-6-22-21(23)5-4-8-24(22)26(28)32-20-15-11-18(30-2)12-16-20/h17-24H,3-16H2,1-2H3. The topological polar surface area (TPSA) is 71.1 Å². The number of rotatable bonds is 6. The normalized spacial score (nSPS) is 40.2. The molecule has 0 radical (unpaired) electrons. The van der Waals surface area contributed by atoms with E-state index >= 15 is 0 Å². The molecule has 0 aromatic heterocycles. The summed E-state index contributed by atoms with van der Waals surface area (Å²) in [6.45, 7) is 0. The SMILES string of the molecule is COC1CCC(OC(=O)C2CCCC3C(C(=O)OC4CCC(OC)CC4)CCCC23)CC1. The summed E-state index contributed by atoms with van der Waals surface area (Å²) in [5, 5.41) is 0. The van der Waals surface area contributed by atoms with Crippen molar-refractivity contribution in [1.29, 1.82) is 0 Å². The van der Waals surface area contributed by atoms with Gasteiger partial charge in [-0.05, 0) is 88.9 Å². The van der Waals surface area contributed by atoms with Gasteiger partial charge in [-0.2, -0.15) is 0 Å². The fraction of sp³-hybridized carbons (Fsp3) is 0.923. The zero-order valence-electron chi connectivity index (χ0n) is 20.0. The van der Waals surface area contributed by atoms with Gasteiger partial charge in [-0.3, -0.25) is 9.59 Å². The molecule has 0 spiro atoms. The number of fused-ring (bicyclic) bond motifs is 1. The molecule has 0 bridgehead atoms. The molecular formula is C26H42O6. The highest BCUT2D eigenvalue weighted by Crippen LogP contribution is 2.48. The molecule has 0 aromatic carbocycles. The van der Waals surface area contributed by atoms with E-state index in [0.717, 1.165) is 89.9 Å². The molecule has 0 aromatic rings. The van der Waals surface area contributed by atoms with Crippen molar-refractivity contribution in [3.05, 3.63) is 0 Å². The van der Waals surface area contributed by atoms with Crippen molar-refractivity contribution in [1.82, 2.24) is 0 Å². The number of hydrogen-bond acceptors (Lipinski definition) is 6. The maximum atomic E-state index is 13.1. The Bertz CT molecular complexity index is 566. The van der Waals surface area contributed by atoms with Gasteiger partial charge in [0.25, 0.3) is 0 Å². The van der Waals surface area contributed by atoms with Crippen LogP contribution in [-0.2, 0) is 28.5 Å². The van der Waals surface area contributed by atoms with Crippen LogP contribution in [0.25, 0.3) is 0 Å². The lowest BCUT2D eigenvalue weighted by molar-refractivity contribution is -0.170. The van der Waals surface area contributed by atoms with Crippen molar-refractivity contribution in [2.24, 2.45) is 23.7 Å². The van der Waals surface area contributed by atoms with E-state index in [4.69, 9.17) is 18.9 Å². The quantitative estimate of drug-likeness (QED) is 0.540. The Balaban J connectivity index is 1.31. The summed E-state index contributed by atoms with van der Waals surface area (Å²) in [6, 6.07) is 0. The third kappa shape index (κ3) is 5.67. The van der Waals surface area contributed by atoms with Crippen LogP contribution < -0.4 is 0 Å². The summed E-state index contributed by atoms with van der Waals surface area (Å²) in [6.07, 6.45) is 14.0. The summed E-state index contributed by atoms with van der Waals surface area (Å²) in [5.74, 6) is 0.382. The average molecular weight is 451 g/mol. The molecule has 4 atom stereocenters. The number of esters is 2. The van der Waals surface area contributed by atoms with Gasteiger partial charge < -0.3 is 18.9 Å². The second-order valence-electron chi connectivity index (χ2n) is 10.5. The van der Waals surface area contributed by atoms with Crippen LogP contribution in [0.3, 0.4) is 0 Å². The van der Waals surface area contributed by atoms with E-state index in [9.17, 15) is 9.59 Å². The predicted molar refractivity (Wildman–Crippen MR) is 120 cm³/mol. The van der Waals surface area contributed by atoms with Crippen LogP contribution in [0.2, 0.25) is 0 Å². The number of carbonyl (C=O) groups is 2. The van der Waals surface area contributed by atoms with E-state index in [2.05, 4.69) is 0 Å². The first-order valence-electron chi connectivity index (χ1n) is 13.1. The van der Waals surface area contributed by atoms with Gasteiger partial charge in [0.15, 0.2) is 0 Å². The zero-order chi connectivity index (χ0) is 22.5. The maximum Gasteiger partial charge on any atom is 0.309 e. The van der Waals surface area contributed by atoms with Gasteiger partial charge in [0.2, 0.25) is 0 Å². The Morgan fingerprint density at radius 3 is 1.19 bits per heavy atom. The number of methoxy groups -OCH3 is 2. The van der Waals surface area contributed by atoms with Crippen LogP contribution in [0.1, 0.15) is 89.9 Å². The monoisotopic (exact) mass is 450 g/mol. The molecule has 4 fully saturated rings. The Hall–Kier alpha value is -1.14. The Morgan fingerprint density at radius 2 is 0.844 bits per heavy atom. The van der Waals surface area contributed by atoms with Crippen molar-refractivity contribution < 1.29 is 28.5 Å². The van der Waals surface area contributed by atoms with E-state index < -0.39 is 0 Å². The van der Waals surface area contributed by atoms with Crippen molar-refractivity contribution in [2.75, 3.05) is 14.2 Å².